The lowest BCUT2D eigenvalue weighted by molar-refractivity contribution is 0.391. The van der Waals surface area contributed by atoms with Crippen LogP contribution in [0.1, 0.15) is 39.2 Å². The Labute approximate surface area is 133 Å². The summed E-state index contributed by atoms with van der Waals surface area (Å²) in [5.74, 6) is 0.332. The molecule has 21 heavy (non-hydrogen) atoms. The molecule has 0 spiro atoms. The summed E-state index contributed by atoms with van der Waals surface area (Å²) in [6.45, 7) is 6.66. The van der Waals surface area contributed by atoms with Crippen molar-refractivity contribution in [3.63, 3.8) is 0 Å². The van der Waals surface area contributed by atoms with Crippen molar-refractivity contribution in [2.75, 3.05) is 7.05 Å². The summed E-state index contributed by atoms with van der Waals surface area (Å²) in [5.41, 5.74) is 0.881. The van der Waals surface area contributed by atoms with E-state index >= 15 is 0 Å². The third-order valence-electron chi connectivity index (χ3n) is 3.80. The largest absolute Gasteiger partial charge is 0.316 e. The lowest BCUT2D eigenvalue weighted by atomic mass is 9.96. The van der Waals surface area contributed by atoms with E-state index in [4.69, 9.17) is 11.6 Å². The van der Waals surface area contributed by atoms with Crippen LogP contribution in [0.4, 0.5) is 0 Å². The van der Waals surface area contributed by atoms with Gasteiger partial charge in [0.2, 0.25) is 10.0 Å². The molecule has 0 fully saturated rings. The van der Waals surface area contributed by atoms with Gasteiger partial charge in [-0.25, -0.2) is 13.1 Å². The minimum absolute atomic E-state index is 0.0965. The second kappa shape index (κ2) is 8.13. The minimum atomic E-state index is -3.53. The molecule has 1 unspecified atom stereocenters. The summed E-state index contributed by atoms with van der Waals surface area (Å²) in [7, 11) is -1.71. The fourth-order valence-corrected chi connectivity index (χ4v) is 4.08. The van der Waals surface area contributed by atoms with Crippen LogP contribution in [0.3, 0.4) is 0 Å². The summed E-state index contributed by atoms with van der Waals surface area (Å²) in [5, 5.41) is 3.46. The average Bonchev–Trinajstić information content (AvgIpc) is 2.42. The van der Waals surface area contributed by atoms with E-state index < -0.39 is 10.0 Å². The highest BCUT2D eigenvalue weighted by Crippen LogP contribution is 2.22. The molecule has 4 nitrogen and oxygen atoms in total. The molecule has 0 bridgehead atoms. The zero-order valence-corrected chi connectivity index (χ0v) is 14.7. The lowest BCUT2D eigenvalue weighted by Gasteiger charge is -2.22. The quantitative estimate of drug-likeness (QED) is 0.768. The van der Waals surface area contributed by atoms with Crippen LogP contribution in [0, 0.1) is 5.92 Å². The van der Waals surface area contributed by atoms with Crippen LogP contribution in [-0.2, 0) is 16.6 Å². The molecule has 0 aromatic heterocycles. The highest BCUT2D eigenvalue weighted by molar-refractivity contribution is 7.89. The fourth-order valence-electron chi connectivity index (χ4n) is 2.43. The molecule has 6 heteroatoms. The van der Waals surface area contributed by atoms with Crippen LogP contribution in [0.25, 0.3) is 0 Å². The van der Waals surface area contributed by atoms with Gasteiger partial charge >= 0.3 is 0 Å². The van der Waals surface area contributed by atoms with Crippen molar-refractivity contribution in [1.82, 2.24) is 10.0 Å². The van der Waals surface area contributed by atoms with E-state index in [1.54, 1.807) is 12.1 Å². The molecule has 1 aromatic rings. The van der Waals surface area contributed by atoms with Crippen molar-refractivity contribution < 1.29 is 8.42 Å². The Bertz CT molecular complexity index is 557. The first-order valence-corrected chi connectivity index (χ1v) is 9.17. The van der Waals surface area contributed by atoms with Gasteiger partial charge in [-0.2, -0.15) is 0 Å². The van der Waals surface area contributed by atoms with Crippen LogP contribution in [-0.4, -0.2) is 21.5 Å². The van der Waals surface area contributed by atoms with Crippen molar-refractivity contribution in [1.29, 1.82) is 0 Å². The van der Waals surface area contributed by atoms with Crippen molar-refractivity contribution in [3.8, 4) is 0 Å². The monoisotopic (exact) mass is 332 g/mol. The number of hydrogen-bond acceptors (Lipinski definition) is 3. The van der Waals surface area contributed by atoms with Gasteiger partial charge in [-0.15, -0.1) is 0 Å². The zero-order valence-electron chi connectivity index (χ0n) is 13.1. The third-order valence-corrected chi connectivity index (χ3v) is 5.71. The maximum atomic E-state index is 12.4. The first-order chi connectivity index (χ1) is 9.85. The van der Waals surface area contributed by atoms with Gasteiger partial charge in [-0.1, -0.05) is 44.4 Å². The Hall–Kier alpha value is -0.620. The van der Waals surface area contributed by atoms with Crippen LogP contribution >= 0.6 is 11.6 Å². The van der Waals surface area contributed by atoms with Gasteiger partial charge in [-0.3, -0.25) is 0 Å². The van der Waals surface area contributed by atoms with E-state index in [1.807, 2.05) is 14.0 Å². The van der Waals surface area contributed by atoms with Gasteiger partial charge in [0.25, 0.3) is 0 Å². The Morgan fingerprint density at radius 1 is 1.24 bits per heavy atom. The maximum Gasteiger partial charge on any atom is 0.240 e. The molecule has 0 amide bonds. The second-order valence-corrected chi connectivity index (χ2v) is 7.39. The number of benzene rings is 1. The molecule has 0 heterocycles. The molecule has 0 aliphatic heterocycles. The molecular weight excluding hydrogens is 308 g/mol. The summed E-state index contributed by atoms with van der Waals surface area (Å²) in [4.78, 5) is 0.213. The molecule has 120 valence electrons. The van der Waals surface area contributed by atoms with Crippen LogP contribution in [0.2, 0.25) is 5.02 Å². The highest BCUT2D eigenvalue weighted by atomic mass is 35.5. The Kier molecular flexibility index (Phi) is 7.13. The first kappa shape index (κ1) is 18.4. The molecule has 0 aliphatic carbocycles. The second-order valence-electron chi connectivity index (χ2n) is 5.27. The fraction of sp³-hybridized carbons (Fsp3) is 0.600. The molecule has 0 saturated heterocycles. The van der Waals surface area contributed by atoms with Gasteiger partial charge in [0.1, 0.15) is 0 Å². The molecule has 0 radical (unpaired) electrons. The standard InChI is InChI=1S/C15H25ClN2O2S/c1-5-12(6-2)11(3)18-21(19,20)14-8-7-13(10-17-4)15(16)9-14/h7-9,11-12,17-18H,5-6,10H2,1-4H3. The van der Waals surface area contributed by atoms with Crippen molar-refractivity contribution in [2.45, 2.75) is 51.1 Å². The van der Waals surface area contributed by atoms with Gasteiger partial charge in [0.15, 0.2) is 0 Å². The SMILES string of the molecule is CCC(CC)C(C)NS(=O)(=O)c1ccc(CNC)c(Cl)c1. The minimum Gasteiger partial charge on any atom is -0.316 e. The van der Waals surface area contributed by atoms with Crippen molar-refractivity contribution in [3.05, 3.63) is 28.8 Å². The number of hydrogen-bond donors (Lipinski definition) is 2. The predicted molar refractivity (Wildman–Crippen MR) is 88.1 cm³/mol. The summed E-state index contributed by atoms with van der Waals surface area (Å²) < 4.78 is 27.6. The smallest absolute Gasteiger partial charge is 0.240 e. The van der Waals surface area contributed by atoms with E-state index in [-0.39, 0.29) is 10.9 Å². The first-order valence-electron chi connectivity index (χ1n) is 7.31. The van der Waals surface area contributed by atoms with Gasteiger partial charge in [-0.05, 0) is 37.6 Å². The number of halogens is 1. The number of nitrogens with one attached hydrogen (secondary N) is 2. The molecule has 0 aliphatic rings. The topological polar surface area (TPSA) is 58.2 Å². The van der Waals surface area contributed by atoms with Crippen LogP contribution in [0.5, 0.6) is 0 Å². The zero-order chi connectivity index (χ0) is 16.0. The maximum absolute atomic E-state index is 12.4. The molecular formula is C15H25ClN2O2S. The van der Waals surface area contributed by atoms with Crippen LogP contribution in [0.15, 0.2) is 23.1 Å². The lowest BCUT2D eigenvalue weighted by Crippen LogP contribution is -2.37. The van der Waals surface area contributed by atoms with E-state index in [9.17, 15) is 8.42 Å². The summed E-state index contributed by atoms with van der Waals surface area (Å²) >= 11 is 6.14. The van der Waals surface area contributed by atoms with Crippen molar-refractivity contribution in [2.24, 2.45) is 5.92 Å². The van der Waals surface area contributed by atoms with Gasteiger partial charge in [0, 0.05) is 17.6 Å². The average molecular weight is 333 g/mol. The van der Waals surface area contributed by atoms with E-state index in [0.717, 1.165) is 18.4 Å². The number of sulfonamides is 1. The van der Waals surface area contributed by atoms with E-state index in [2.05, 4.69) is 23.9 Å². The highest BCUT2D eigenvalue weighted by Gasteiger charge is 2.22. The third kappa shape index (κ3) is 4.95. The van der Waals surface area contributed by atoms with Crippen molar-refractivity contribution >= 4 is 21.6 Å². The Morgan fingerprint density at radius 3 is 2.33 bits per heavy atom. The normalized spacial score (nSPS) is 13.6. The molecule has 1 aromatic carbocycles. The molecule has 1 atom stereocenters. The predicted octanol–water partition coefficient (Wildman–Crippen LogP) is 3.16. The summed E-state index contributed by atoms with van der Waals surface area (Å²) in [6.07, 6.45) is 1.89. The van der Waals surface area contributed by atoms with E-state index in [1.165, 1.54) is 6.07 Å². The number of rotatable bonds is 8. The molecule has 1 rings (SSSR count). The molecule has 0 saturated carbocycles. The van der Waals surface area contributed by atoms with Crippen LogP contribution < -0.4 is 10.0 Å². The Morgan fingerprint density at radius 2 is 1.86 bits per heavy atom. The van der Waals surface area contributed by atoms with E-state index in [0.29, 0.717) is 17.5 Å². The van der Waals surface area contributed by atoms with Gasteiger partial charge in [0.05, 0.1) is 4.90 Å². The molecule has 2 N–H and O–H groups in total. The summed E-state index contributed by atoms with van der Waals surface area (Å²) in [6, 6.07) is 4.76. The van der Waals surface area contributed by atoms with Gasteiger partial charge < -0.3 is 5.32 Å². The Balaban J connectivity index is 2.95.